The average molecular weight is 376 g/mol. The summed E-state index contributed by atoms with van der Waals surface area (Å²) in [6.07, 6.45) is 4.61. The Labute approximate surface area is 154 Å². The smallest absolute Gasteiger partial charge is 0.290 e. The minimum Gasteiger partial charge on any atom is -0.483 e. The Bertz CT molecular complexity index is 737. The van der Waals surface area contributed by atoms with Gasteiger partial charge >= 0.3 is 0 Å². The molecule has 1 aliphatic rings. The summed E-state index contributed by atoms with van der Waals surface area (Å²) in [5, 5.41) is 26.0. The van der Waals surface area contributed by atoms with Crippen LogP contribution in [0.1, 0.15) is 29.0 Å². The Kier molecular flexibility index (Phi) is 7.44. The first kappa shape index (κ1) is 20.0. The van der Waals surface area contributed by atoms with Crippen LogP contribution in [0.2, 0.25) is 0 Å². The molecule has 27 heavy (non-hydrogen) atoms. The van der Waals surface area contributed by atoms with Gasteiger partial charge in [0.2, 0.25) is 11.7 Å². The fourth-order valence-corrected chi connectivity index (χ4v) is 2.79. The van der Waals surface area contributed by atoms with Gasteiger partial charge in [0.1, 0.15) is 0 Å². The van der Waals surface area contributed by atoms with Gasteiger partial charge in [0.05, 0.1) is 18.3 Å². The van der Waals surface area contributed by atoms with Crippen LogP contribution >= 0.6 is 0 Å². The van der Waals surface area contributed by atoms with Gasteiger partial charge in [-0.2, -0.15) is 0 Å². The molecule has 0 aliphatic heterocycles. The lowest BCUT2D eigenvalue weighted by Gasteiger charge is -2.15. The van der Waals surface area contributed by atoms with E-state index < -0.39 is 18.1 Å². The SMILES string of the molecule is O=C(N[C@@H]1C[C@H](C(=O)NCc2ccncc2)C[C@H]1O)c1ccno1.O=CO. The summed E-state index contributed by atoms with van der Waals surface area (Å²) in [5.74, 6) is -0.855. The van der Waals surface area contributed by atoms with Crippen LogP contribution in [0.15, 0.2) is 41.3 Å². The first-order valence-electron chi connectivity index (χ1n) is 8.19. The van der Waals surface area contributed by atoms with Gasteiger partial charge in [-0.15, -0.1) is 0 Å². The Morgan fingerprint density at radius 2 is 1.93 bits per heavy atom. The topological polar surface area (TPSA) is 155 Å². The van der Waals surface area contributed by atoms with E-state index in [1.807, 2.05) is 12.1 Å². The molecule has 1 aliphatic carbocycles. The van der Waals surface area contributed by atoms with Gasteiger partial charge in [0, 0.05) is 30.9 Å². The van der Waals surface area contributed by atoms with Gasteiger partial charge in [0.15, 0.2) is 0 Å². The zero-order chi connectivity index (χ0) is 19.6. The van der Waals surface area contributed by atoms with Gasteiger partial charge in [-0.1, -0.05) is 5.16 Å². The van der Waals surface area contributed by atoms with Crippen LogP contribution in [0.5, 0.6) is 0 Å². The number of aliphatic hydroxyl groups is 1. The number of hydrogen-bond donors (Lipinski definition) is 4. The molecule has 0 unspecified atom stereocenters. The first-order chi connectivity index (χ1) is 13.0. The van der Waals surface area contributed by atoms with Gasteiger partial charge in [-0.05, 0) is 30.5 Å². The number of carboxylic acid groups (broad SMARTS) is 1. The molecule has 0 bridgehead atoms. The molecule has 4 N–H and O–H groups in total. The van der Waals surface area contributed by atoms with Crippen LogP contribution in [0, 0.1) is 5.92 Å². The largest absolute Gasteiger partial charge is 0.483 e. The third kappa shape index (κ3) is 5.89. The van der Waals surface area contributed by atoms with Crippen LogP contribution < -0.4 is 10.6 Å². The summed E-state index contributed by atoms with van der Waals surface area (Å²) in [6.45, 7) is 0.156. The molecule has 10 heteroatoms. The van der Waals surface area contributed by atoms with E-state index in [-0.39, 0.29) is 24.1 Å². The second-order valence-electron chi connectivity index (χ2n) is 5.87. The monoisotopic (exact) mass is 376 g/mol. The van der Waals surface area contributed by atoms with E-state index in [9.17, 15) is 14.7 Å². The third-order valence-corrected chi connectivity index (χ3v) is 4.09. The first-order valence-corrected chi connectivity index (χ1v) is 8.19. The van der Waals surface area contributed by atoms with Crippen molar-refractivity contribution in [1.29, 1.82) is 0 Å². The second kappa shape index (κ2) is 10.0. The van der Waals surface area contributed by atoms with Gasteiger partial charge in [0.25, 0.3) is 12.4 Å². The van der Waals surface area contributed by atoms with E-state index in [0.717, 1.165) is 5.56 Å². The number of amides is 2. The molecule has 144 valence electrons. The highest BCUT2D eigenvalue weighted by Crippen LogP contribution is 2.26. The minimum absolute atomic E-state index is 0.0767. The Balaban J connectivity index is 0.000000817. The highest BCUT2D eigenvalue weighted by molar-refractivity contribution is 5.91. The summed E-state index contributed by atoms with van der Waals surface area (Å²) in [6, 6.07) is 4.60. The number of aliphatic hydroxyl groups excluding tert-OH is 1. The second-order valence-corrected chi connectivity index (χ2v) is 5.87. The summed E-state index contributed by atoms with van der Waals surface area (Å²) in [7, 11) is 0. The van der Waals surface area contributed by atoms with Crippen molar-refractivity contribution >= 4 is 18.3 Å². The van der Waals surface area contributed by atoms with Crippen molar-refractivity contribution in [3.8, 4) is 0 Å². The van der Waals surface area contributed by atoms with Crippen molar-refractivity contribution < 1.29 is 29.1 Å². The molecular weight excluding hydrogens is 356 g/mol. The van der Waals surface area contributed by atoms with Crippen molar-refractivity contribution in [3.05, 3.63) is 48.1 Å². The summed E-state index contributed by atoms with van der Waals surface area (Å²) >= 11 is 0. The molecule has 2 amide bonds. The van der Waals surface area contributed by atoms with Crippen molar-refractivity contribution in [1.82, 2.24) is 20.8 Å². The Hall–Kier alpha value is -3.27. The third-order valence-electron chi connectivity index (χ3n) is 4.09. The van der Waals surface area contributed by atoms with E-state index in [1.54, 1.807) is 12.4 Å². The quantitative estimate of drug-likeness (QED) is 0.530. The van der Waals surface area contributed by atoms with Crippen LogP contribution in [-0.4, -0.2) is 50.8 Å². The minimum atomic E-state index is -0.770. The molecule has 3 atom stereocenters. The van der Waals surface area contributed by atoms with Gasteiger partial charge in [-0.25, -0.2) is 0 Å². The summed E-state index contributed by atoms with van der Waals surface area (Å²) < 4.78 is 4.77. The van der Waals surface area contributed by atoms with Crippen LogP contribution in [0.3, 0.4) is 0 Å². The fraction of sp³-hybridized carbons (Fsp3) is 0.353. The van der Waals surface area contributed by atoms with Crippen LogP contribution in [0.4, 0.5) is 0 Å². The van der Waals surface area contributed by atoms with Gasteiger partial charge in [-0.3, -0.25) is 19.4 Å². The lowest BCUT2D eigenvalue weighted by molar-refractivity contribution is -0.125. The summed E-state index contributed by atoms with van der Waals surface area (Å²) in [4.78, 5) is 36.5. The number of rotatable bonds is 5. The Morgan fingerprint density at radius 3 is 2.56 bits per heavy atom. The molecule has 1 saturated carbocycles. The number of pyridine rings is 1. The molecule has 3 rings (SSSR count). The maximum atomic E-state index is 12.2. The fourth-order valence-electron chi connectivity index (χ4n) is 2.79. The van der Waals surface area contributed by atoms with E-state index in [0.29, 0.717) is 19.4 Å². The molecule has 0 saturated heterocycles. The number of carbonyl (C=O) groups excluding carboxylic acids is 2. The predicted molar refractivity (Wildman–Crippen MR) is 91.3 cm³/mol. The lowest BCUT2D eigenvalue weighted by atomic mass is 10.1. The number of nitrogens with one attached hydrogen (secondary N) is 2. The molecule has 2 aromatic heterocycles. The molecule has 0 radical (unpaired) electrons. The predicted octanol–water partition coefficient (Wildman–Crippen LogP) is -0.0439. The highest BCUT2D eigenvalue weighted by Gasteiger charge is 2.38. The van der Waals surface area contributed by atoms with E-state index in [1.165, 1.54) is 12.3 Å². The number of carbonyl (C=O) groups is 3. The van der Waals surface area contributed by atoms with Crippen molar-refractivity contribution in [2.75, 3.05) is 0 Å². The molecule has 2 heterocycles. The zero-order valence-corrected chi connectivity index (χ0v) is 14.3. The van der Waals surface area contributed by atoms with Crippen molar-refractivity contribution in [2.45, 2.75) is 31.5 Å². The molecule has 10 nitrogen and oxygen atoms in total. The van der Waals surface area contributed by atoms with Crippen molar-refractivity contribution in [2.24, 2.45) is 5.92 Å². The summed E-state index contributed by atoms with van der Waals surface area (Å²) in [5.41, 5.74) is 0.951. The van der Waals surface area contributed by atoms with Crippen LogP contribution in [-0.2, 0) is 16.1 Å². The van der Waals surface area contributed by atoms with E-state index in [2.05, 4.69) is 20.8 Å². The zero-order valence-electron chi connectivity index (χ0n) is 14.3. The number of aromatic nitrogens is 2. The maximum Gasteiger partial charge on any atom is 0.290 e. The molecule has 1 fully saturated rings. The molecule has 2 aromatic rings. The maximum absolute atomic E-state index is 12.2. The van der Waals surface area contributed by atoms with Gasteiger partial charge < -0.3 is 25.4 Å². The Morgan fingerprint density at radius 1 is 1.22 bits per heavy atom. The lowest BCUT2D eigenvalue weighted by Crippen LogP contribution is -2.40. The highest BCUT2D eigenvalue weighted by atomic mass is 16.5. The average Bonchev–Trinajstić information content (AvgIpc) is 3.32. The van der Waals surface area contributed by atoms with E-state index in [4.69, 9.17) is 14.4 Å². The van der Waals surface area contributed by atoms with Crippen molar-refractivity contribution in [3.63, 3.8) is 0 Å². The molecular formula is C17H20N4O6. The molecule has 0 spiro atoms. The molecule has 0 aromatic carbocycles. The van der Waals surface area contributed by atoms with E-state index >= 15 is 0 Å². The number of nitrogens with zero attached hydrogens (tertiary/aromatic N) is 2. The van der Waals surface area contributed by atoms with Crippen LogP contribution in [0.25, 0.3) is 0 Å². The standard InChI is InChI=1S/C16H18N4O4.CH2O2/c21-13-8-11(15(22)18-9-10-1-4-17-5-2-10)7-12(13)20-16(23)14-3-6-19-24-14;2-1-3/h1-6,11-13,21H,7-9H2,(H,18,22)(H,20,23);1H,(H,2,3)/t11-,12+,13+;/m0./s1. The normalized spacial score (nSPS) is 20.9. The number of hydrogen-bond acceptors (Lipinski definition) is 7.